The standard InChI is InChI=1S/C43H54N8O8S2/c1-27(52)45-17-9-7-13-29(39(55)47-31-15-16-34-37(22-31)61-42(49-34)41-50-35(25-60-41)43(57)58)20-36(53)33(14-8-10-18-51(2)3)48-40(56)30(19-32-23-44-26-46-32)21-38(54)59-24-28-11-5-4-6-12-28/h4-6,11-12,15-16,22-23,26,29-30,33,35H,7-10,13-14,17-21,24-25H2,1-3H3,(H,44,46)(H,45,52)(H,47,55)(H,48,56)(H,57,58)/t29-,30-,33+,35-/m1/s1. The predicted octanol–water partition coefficient (Wildman–Crippen LogP) is 5.00. The van der Waals surface area contributed by atoms with Gasteiger partial charge in [-0.3, -0.25) is 29.0 Å². The number of benzene rings is 2. The number of carboxylic acid groups (broad SMARTS) is 1. The van der Waals surface area contributed by atoms with E-state index in [9.17, 15) is 33.9 Å². The first kappa shape index (κ1) is 46.6. The highest BCUT2D eigenvalue weighted by Gasteiger charge is 2.32. The second-order valence-electron chi connectivity index (χ2n) is 15.3. The fourth-order valence-corrected chi connectivity index (χ4v) is 8.85. The molecule has 0 saturated carbocycles. The van der Waals surface area contributed by atoms with Crippen molar-refractivity contribution in [1.29, 1.82) is 0 Å². The topological polar surface area (TPSA) is 225 Å². The molecule has 0 fully saturated rings. The van der Waals surface area contributed by atoms with Gasteiger partial charge in [-0.25, -0.2) is 14.8 Å². The van der Waals surface area contributed by atoms with Gasteiger partial charge in [0, 0.05) is 55.6 Å². The maximum Gasteiger partial charge on any atom is 0.329 e. The lowest BCUT2D eigenvalue weighted by Gasteiger charge is -2.24. The molecular weight excluding hydrogens is 821 g/mol. The lowest BCUT2D eigenvalue weighted by atomic mass is 9.90. The number of carbonyl (C=O) groups is 6. The van der Waals surface area contributed by atoms with Crippen LogP contribution >= 0.6 is 23.1 Å². The van der Waals surface area contributed by atoms with E-state index in [0.717, 1.165) is 23.2 Å². The number of aromatic nitrogens is 3. The number of nitrogens with one attached hydrogen (secondary N) is 4. The van der Waals surface area contributed by atoms with E-state index in [1.54, 1.807) is 24.4 Å². The highest BCUT2D eigenvalue weighted by Crippen LogP contribution is 2.32. The molecule has 61 heavy (non-hydrogen) atoms. The fourth-order valence-electron chi connectivity index (χ4n) is 6.74. The molecule has 0 bridgehead atoms. The van der Waals surface area contributed by atoms with Crippen LogP contribution in [0.25, 0.3) is 10.2 Å². The van der Waals surface area contributed by atoms with Crippen LogP contribution in [0.4, 0.5) is 5.69 Å². The van der Waals surface area contributed by atoms with Crippen molar-refractivity contribution in [3.05, 3.63) is 77.3 Å². The highest BCUT2D eigenvalue weighted by atomic mass is 32.2. The number of amides is 3. The van der Waals surface area contributed by atoms with Crippen molar-refractivity contribution < 1.29 is 38.6 Å². The van der Waals surface area contributed by atoms with Crippen molar-refractivity contribution in [1.82, 2.24) is 30.5 Å². The molecule has 1 aliphatic heterocycles. The number of aromatic amines is 1. The molecule has 16 nitrogen and oxygen atoms in total. The SMILES string of the molecule is CC(=O)NCCCC[C@H](CC(=O)[C@H](CCCCN(C)C)NC(=O)[C@@H](CC(=O)OCc1ccccc1)Cc1cnc[nH]1)C(=O)Nc1ccc2nc(C3=N[C@@H](C(=O)O)CS3)sc2c1. The molecule has 0 aliphatic carbocycles. The normalized spacial score (nSPS) is 15.1. The predicted molar refractivity (Wildman–Crippen MR) is 235 cm³/mol. The quantitative estimate of drug-likeness (QED) is 0.0439. The molecule has 326 valence electrons. The van der Waals surface area contributed by atoms with Gasteiger partial charge in [0.25, 0.3) is 0 Å². The number of hydrogen-bond donors (Lipinski definition) is 5. The number of hydrogen-bond acceptors (Lipinski definition) is 13. The van der Waals surface area contributed by atoms with Crippen molar-refractivity contribution in [2.45, 2.75) is 83.4 Å². The first-order valence-electron chi connectivity index (χ1n) is 20.4. The molecule has 18 heteroatoms. The van der Waals surface area contributed by atoms with Crippen LogP contribution in [0.15, 0.2) is 66.0 Å². The maximum absolute atomic E-state index is 14.3. The Balaban J connectivity index is 1.31. The Bertz CT molecular complexity index is 2140. The second kappa shape index (κ2) is 23.5. The Labute approximate surface area is 363 Å². The van der Waals surface area contributed by atoms with Crippen molar-refractivity contribution in [3.63, 3.8) is 0 Å². The molecule has 4 aromatic rings. The van der Waals surface area contributed by atoms with Crippen LogP contribution in [0.3, 0.4) is 0 Å². The van der Waals surface area contributed by atoms with E-state index < -0.39 is 41.8 Å². The number of anilines is 1. The summed E-state index contributed by atoms with van der Waals surface area (Å²) in [7, 11) is 3.92. The number of ketones is 1. The summed E-state index contributed by atoms with van der Waals surface area (Å²) in [6, 6.07) is 12.8. The van der Waals surface area contributed by atoms with Crippen LogP contribution in [0.2, 0.25) is 0 Å². The van der Waals surface area contributed by atoms with Crippen LogP contribution in [0, 0.1) is 11.8 Å². The van der Waals surface area contributed by atoms with E-state index in [2.05, 4.69) is 35.9 Å². The lowest BCUT2D eigenvalue weighted by Crippen LogP contribution is -2.45. The monoisotopic (exact) mass is 874 g/mol. The first-order chi connectivity index (χ1) is 29.3. The third-order valence-corrected chi connectivity index (χ3v) is 12.3. The third kappa shape index (κ3) is 15.2. The number of rotatable bonds is 25. The van der Waals surface area contributed by atoms with Crippen LogP contribution in [-0.2, 0) is 46.5 Å². The minimum atomic E-state index is -0.985. The van der Waals surface area contributed by atoms with Gasteiger partial charge in [0.2, 0.25) is 17.7 Å². The summed E-state index contributed by atoms with van der Waals surface area (Å²) in [4.78, 5) is 96.4. The zero-order valence-corrected chi connectivity index (χ0v) is 36.3. The van der Waals surface area contributed by atoms with Gasteiger partial charge in [-0.2, -0.15) is 0 Å². The molecule has 4 atom stereocenters. The molecular formula is C43H54N8O8S2. The van der Waals surface area contributed by atoms with E-state index in [4.69, 9.17) is 4.74 Å². The largest absolute Gasteiger partial charge is 0.480 e. The number of carboxylic acids is 1. The van der Waals surface area contributed by atoms with E-state index >= 15 is 0 Å². The van der Waals surface area contributed by atoms with Gasteiger partial charge >= 0.3 is 11.9 Å². The van der Waals surface area contributed by atoms with Gasteiger partial charge in [-0.1, -0.05) is 36.8 Å². The summed E-state index contributed by atoms with van der Waals surface area (Å²) in [6.45, 7) is 2.70. The summed E-state index contributed by atoms with van der Waals surface area (Å²) >= 11 is 2.69. The van der Waals surface area contributed by atoms with Crippen molar-refractivity contribution in [2.24, 2.45) is 16.8 Å². The van der Waals surface area contributed by atoms with Crippen LogP contribution in [-0.4, -0.2) is 110 Å². The number of nitrogens with zero attached hydrogens (tertiary/aromatic N) is 4. The average molecular weight is 875 g/mol. The number of thiazole rings is 1. The number of H-pyrrole nitrogens is 1. The second-order valence-corrected chi connectivity index (χ2v) is 17.4. The summed E-state index contributed by atoms with van der Waals surface area (Å²) < 4.78 is 6.30. The molecule has 0 saturated heterocycles. The molecule has 5 N–H and O–H groups in total. The number of carbonyl (C=O) groups excluding carboxylic acids is 5. The fraction of sp³-hybridized carbons (Fsp3) is 0.465. The number of aliphatic imine (C=N–C) groups is 1. The molecule has 2 aromatic carbocycles. The van der Waals surface area contributed by atoms with Gasteiger partial charge in [0.1, 0.15) is 16.7 Å². The summed E-state index contributed by atoms with van der Waals surface area (Å²) in [5.41, 5.74) is 2.63. The zero-order chi connectivity index (χ0) is 43.7. The van der Waals surface area contributed by atoms with E-state index in [0.29, 0.717) is 71.4 Å². The Morgan fingerprint density at radius 3 is 2.46 bits per heavy atom. The van der Waals surface area contributed by atoms with E-state index in [1.165, 1.54) is 36.3 Å². The zero-order valence-electron chi connectivity index (χ0n) is 34.7. The molecule has 3 heterocycles. The Hall–Kier alpha value is -5.46. The van der Waals surface area contributed by atoms with Gasteiger partial charge in [-0.05, 0) is 76.5 Å². The number of imidazole rings is 1. The van der Waals surface area contributed by atoms with Crippen molar-refractivity contribution >= 4 is 79.5 Å². The molecule has 0 unspecified atom stereocenters. The molecule has 2 aromatic heterocycles. The number of ether oxygens (including phenoxy) is 1. The molecule has 0 spiro atoms. The van der Waals surface area contributed by atoms with Crippen LogP contribution in [0.5, 0.6) is 0 Å². The van der Waals surface area contributed by atoms with Crippen LogP contribution in [0.1, 0.15) is 74.6 Å². The van der Waals surface area contributed by atoms with Gasteiger partial charge in [0.15, 0.2) is 11.8 Å². The number of esters is 1. The Kier molecular flexibility index (Phi) is 18.0. The third-order valence-electron chi connectivity index (χ3n) is 10.0. The van der Waals surface area contributed by atoms with Crippen molar-refractivity contribution in [3.8, 4) is 0 Å². The summed E-state index contributed by atoms with van der Waals surface area (Å²) in [5.74, 6) is -4.14. The number of unbranched alkanes of at least 4 members (excludes halogenated alkanes) is 2. The van der Waals surface area contributed by atoms with E-state index in [-0.39, 0.29) is 43.5 Å². The minimum Gasteiger partial charge on any atom is -0.480 e. The Morgan fingerprint density at radius 2 is 1.75 bits per heavy atom. The number of aliphatic carboxylic acids is 1. The van der Waals surface area contributed by atoms with Gasteiger partial charge in [0.05, 0.1) is 34.9 Å². The van der Waals surface area contributed by atoms with E-state index in [1.807, 2.05) is 49.3 Å². The van der Waals surface area contributed by atoms with Crippen LogP contribution < -0.4 is 16.0 Å². The maximum atomic E-state index is 14.3. The minimum absolute atomic E-state index is 0.0579. The smallest absolute Gasteiger partial charge is 0.329 e. The van der Waals surface area contributed by atoms with Crippen molar-refractivity contribution in [2.75, 3.05) is 38.3 Å². The Morgan fingerprint density at radius 1 is 0.967 bits per heavy atom. The number of thioether (sulfide) groups is 1. The summed E-state index contributed by atoms with van der Waals surface area (Å²) in [6.07, 6.45) is 6.11. The highest BCUT2D eigenvalue weighted by molar-refractivity contribution is 8.15. The van der Waals surface area contributed by atoms with Gasteiger partial charge < -0.3 is 35.7 Å². The molecule has 3 amide bonds. The average Bonchev–Trinajstić information content (AvgIpc) is 4.02. The number of fused-ring (bicyclic) bond motifs is 1. The molecule has 1 aliphatic rings. The van der Waals surface area contributed by atoms with Gasteiger partial charge in [-0.15, -0.1) is 23.1 Å². The number of Topliss-reactive ketones (excluding diaryl/α,β-unsaturated/α-hetero) is 1. The molecule has 5 rings (SSSR count). The summed E-state index contributed by atoms with van der Waals surface area (Å²) in [5, 5.41) is 19.2. The first-order valence-corrected chi connectivity index (χ1v) is 22.2. The lowest BCUT2D eigenvalue weighted by molar-refractivity contribution is -0.148. The molecule has 0 radical (unpaired) electrons.